The second-order valence-electron chi connectivity index (χ2n) is 8.93. The summed E-state index contributed by atoms with van der Waals surface area (Å²) in [4.78, 5) is 11.8. The lowest BCUT2D eigenvalue weighted by molar-refractivity contribution is 0.240. The molecule has 0 aliphatic carbocycles. The number of aromatic hydroxyl groups is 1. The fraction of sp³-hybridized carbons (Fsp3) is 0.741. The molecular formula is C27H48N2O2. The van der Waals surface area contributed by atoms with Crippen molar-refractivity contribution < 1.29 is 9.90 Å². The van der Waals surface area contributed by atoms with E-state index in [1.54, 1.807) is 12.1 Å². The van der Waals surface area contributed by atoms with Crippen LogP contribution in [0.4, 0.5) is 4.79 Å². The number of phenolic OH excluding ortho intramolecular Hbond substituents is 1. The molecule has 0 atom stereocenters. The molecule has 0 aliphatic heterocycles. The third kappa shape index (κ3) is 17.6. The number of benzene rings is 1. The molecule has 178 valence electrons. The van der Waals surface area contributed by atoms with Crippen LogP contribution in [0.5, 0.6) is 5.75 Å². The Balaban J connectivity index is 1.75. The summed E-state index contributed by atoms with van der Waals surface area (Å²) in [5.41, 5.74) is 0.978. The van der Waals surface area contributed by atoms with E-state index in [1.165, 1.54) is 103 Å². The second-order valence-corrected chi connectivity index (χ2v) is 8.93. The van der Waals surface area contributed by atoms with Crippen LogP contribution in [0.15, 0.2) is 24.3 Å². The van der Waals surface area contributed by atoms with Crippen LogP contribution in [0.2, 0.25) is 0 Å². The Morgan fingerprint density at radius 2 is 1.06 bits per heavy atom. The number of carbonyl (C=O) groups is 1. The molecule has 1 rings (SSSR count). The van der Waals surface area contributed by atoms with Crippen molar-refractivity contribution in [3.05, 3.63) is 29.8 Å². The van der Waals surface area contributed by atoms with E-state index < -0.39 is 0 Å². The van der Waals surface area contributed by atoms with Gasteiger partial charge < -0.3 is 15.7 Å². The molecule has 0 aliphatic rings. The van der Waals surface area contributed by atoms with Crippen LogP contribution in [0, 0.1) is 0 Å². The van der Waals surface area contributed by atoms with Crippen molar-refractivity contribution >= 4 is 6.03 Å². The summed E-state index contributed by atoms with van der Waals surface area (Å²) in [6.07, 6.45) is 23.2. The second kappa shape index (κ2) is 20.2. The molecule has 4 heteroatoms. The minimum absolute atomic E-state index is 0.121. The number of nitrogens with one attached hydrogen (secondary N) is 2. The molecule has 0 fully saturated rings. The molecule has 0 aromatic heterocycles. The average Bonchev–Trinajstić information content (AvgIpc) is 2.78. The molecule has 0 heterocycles. The van der Waals surface area contributed by atoms with E-state index in [0.29, 0.717) is 6.54 Å². The smallest absolute Gasteiger partial charge is 0.315 e. The minimum Gasteiger partial charge on any atom is -0.508 e. The summed E-state index contributed by atoms with van der Waals surface area (Å²) in [5, 5.41) is 15.0. The Morgan fingerprint density at radius 1 is 0.645 bits per heavy atom. The van der Waals surface area contributed by atoms with E-state index in [-0.39, 0.29) is 11.8 Å². The summed E-state index contributed by atoms with van der Waals surface area (Å²) >= 11 is 0. The normalized spacial score (nSPS) is 10.9. The van der Waals surface area contributed by atoms with Crippen LogP contribution in [0.1, 0.15) is 122 Å². The molecule has 4 nitrogen and oxygen atoms in total. The van der Waals surface area contributed by atoms with Gasteiger partial charge in [0.15, 0.2) is 0 Å². The molecule has 3 N–H and O–H groups in total. The molecule has 0 saturated heterocycles. The highest BCUT2D eigenvalue weighted by atomic mass is 16.3. The maximum absolute atomic E-state index is 11.8. The van der Waals surface area contributed by atoms with Gasteiger partial charge in [-0.25, -0.2) is 4.79 Å². The van der Waals surface area contributed by atoms with Gasteiger partial charge in [-0.15, -0.1) is 0 Å². The number of hydrogen-bond donors (Lipinski definition) is 3. The number of carbonyl (C=O) groups excluding carboxylic acids is 1. The lowest BCUT2D eigenvalue weighted by atomic mass is 10.0. The third-order valence-corrected chi connectivity index (χ3v) is 5.96. The number of phenols is 1. The van der Waals surface area contributed by atoms with Crippen LogP contribution in [0.3, 0.4) is 0 Å². The zero-order valence-corrected chi connectivity index (χ0v) is 20.1. The fourth-order valence-corrected chi connectivity index (χ4v) is 3.91. The topological polar surface area (TPSA) is 61.4 Å². The molecular weight excluding hydrogens is 384 g/mol. The van der Waals surface area contributed by atoms with Crippen molar-refractivity contribution in [1.29, 1.82) is 0 Å². The quantitative estimate of drug-likeness (QED) is 0.184. The van der Waals surface area contributed by atoms with Crippen molar-refractivity contribution in [2.24, 2.45) is 0 Å². The van der Waals surface area contributed by atoms with Gasteiger partial charge in [-0.3, -0.25) is 0 Å². The molecule has 1 aromatic carbocycles. The molecule has 0 unspecified atom stereocenters. The Hall–Kier alpha value is -1.71. The van der Waals surface area contributed by atoms with E-state index in [0.717, 1.165) is 18.5 Å². The molecule has 1 aromatic rings. The summed E-state index contributed by atoms with van der Waals surface area (Å²) in [6.45, 7) is 3.50. The van der Waals surface area contributed by atoms with Gasteiger partial charge in [-0.05, 0) is 24.1 Å². The Bertz CT molecular complexity index is 531. The highest BCUT2D eigenvalue weighted by Gasteiger charge is 2.00. The van der Waals surface area contributed by atoms with Crippen LogP contribution in [-0.2, 0) is 6.54 Å². The van der Waals surface area contributed by atoms with Gasteiger partial charge in [0, 0.05) is 13.1 Å². The zero-order chi connectivity index (χ0) is 22.4. The molecule has 0 saturated carbocycles. The van der Waals surface area contributed by atoms with E-state index in [9.17, 15) is 9.90 Å². The maximum atomic E-state index is 11.8. The standard InChI is InChI=1S/C27H48N2O2/c1-2-3-4-5-6-7-8-9-10-11-12-13-14-15-16-17-18-23-28-27(31)29-24-25-19-21-26(30)22-20-25/h19-22,30H,2-18,23-24H2,1H3,(H2,28,29,31). The summed E-state index contributed by atoms with van der Waals surface area (Å²) in [7, 11) is 0. The van der Waals surface area contributed by atoms with E-state index in [4.69, 9.17) is 0 Å². The van der Waals surface area contributed by atoms with Gasteiger partial charge in [-0.2, -0.15) is 0 Å². The largest absolute Gasteiger partial charge is 0.508 e. The van der Waals surface area contributed by atoms with E-state index >= 15 is 0 Å². The van der Waals surface area contributed by atoms with Gasteiger partial charge in [0.2, 0.25) is 0 Å². The van der Waals surface area contributed by atoms with Gasteiger partial charge in [0.25, 0.3) is 0 Å². The van der Waals surface area contributed by atoms with Crippen LogP contribution in [-0.4, -0.2) is 17.7 Å². The van der Waals surface area contributed by atoms with Crippen molar-refractivity contribution in [2.75, 3.05) is 6.54 Å². The number of rotatable bonds is 20. The van der Waals surface area contributed by atoms with Crippen molar-refractivity contribution in [2.45, 2.75) is 123 Å². The SMILES string of the molecule is CCCCCCCCCCCCCCCCCCCNC(=O)NCc1ccc(O)cc1. The first kappa shape index (κ1) is 27.3. The predicted octanol–water partition coefficient (Wildman–Crippen LogP) is 7.84. The maximum Gasteiger partial charge on any atom is 0.315 e. The molecule has 31 heavy (non-hydrogen) atoms. The first-order valence-corrected chi connectivity index (χ1v) is 13.0. The number of unbranched alkanes of at least 4 members (excludes halogenated alkanes) is 16. The Kier molecular flexibility index (Phi) is 17.8. The summed E-state index contributed by atoms with van der Waals surface area (Å²) in [6, 6.07) is 6.76. The molecule has 0 bridgehead atoms. The van der Waals surface area contributed by atoms with E-state index in [1.807, 2.05) is 12.1 Å². The van der Waals surface area contributed by atoms with Gasteiger partial charge in [-0.1, -0.05) is 122 Å². The minimum atomic E-state index is -0.121. The number of urea groups is 1. The Labute approximate surface area is 191 Å². The fourth-order valence-electron chi connectivity index (χ4n) is 3.91. The lowest BCUT2D eigenvalue weighted by Gasteiger charge is -2.08. The van der Waals surface area contributed by atoms with Crippen molar-refractivity contribution in [3.8, 4) is 5.75 Å². The number of hydrogen-bond acceptors (Lipinski definition) is 2. The van der Waals surface area contributed by atoms with Gasteiger partial charge in [0.05, 0.1) is 0 Å². The highest BCUT2D eigenvalue weighted by Crippen LogP contribution is 2.14. The third-order valence-electron chi connectivity index (χ3n) is 5.96. The van der Waals surface area contributed by atoms with Crippen molar-refractivity contribution in [3.63, 3.8) is 0 Å². The lowest BCUT2D eigenvalue weighted by Crippen LogP contribution is -2.35. The monoisotopic (exact) mass is 432 g/mol. The first-order valence-electron chi connectivity index (χ1n) is 13.0. The van der Waals surface area contributed by atoms with Gasteiger partial charge in [0.1, 0.15) is 5.75 Å². The highest BCUT2D eigenvalue weighted by molar-refractivity contribution is 5.73. The Morgan fingerprint density at radius 3 is 1.52 bits per heavy atom. The van der Waals surface area contributed by atoms with Crippen LogP contribution >= 0.6 is 0 Å². The van der Waals surface area contributed by atoms with E-state index in [2.05, 4.69) is 17.6 Å². The number of amides is 2. The van der Waals surface area contributed by atoms with Crippen LogP contribution in [0.25, 0.3) is 0 Å². The molecule has 2 amide bonds. The molecule has 0 spiro atoms. The van der Waals surface area contributed by atoms with Crippen molar-refractivity contribution in [1.82, 2.24) is 10.6 Å². The summed E-state index contributed by atoms with van der Waals surface area (Å²) < 4.78 is 0. The predicted molar refractivity (Wildman–Crippen MR) is 133 cm³/mol. The molecule has 0 radical (unpaired) electrons. The zero-order valence-electron chi connectivity index (χ0n) is 20.1. The summed E-state index contributed by atoms with van der Waals surface area (Å²) in [5.74, 6) is 0.243. The van der Waals surface area contributed by atoms with Gasteiger partial charge >= 0.3 is 6.03 Å². The van der Waals surface area contributed by atoms with Crippen LogP contribution < -0.4 is 10.6 Å². The average molecular weight is 433 g/mol. The first-order chi connectivity index (χ1) is 15.2.